The van der Waals surface area contributed by atoms with Gasteiger partial charge in [-0.1, -0.05) is 0 Å². The van der Waals surface area contributed by atoms with Crippen molar-refractivity contribution in [1.29, 1.82) is 0 Å². The second kappa shape index (κ2) is 4.85. The highest BCUT2D eigenvalue weighted by Crippen LogP contribution is 2.36. The molecule has 0 atom stereocenters. The topological polar surface area (TPSA) is 101 Å². The number of carbonyl (C=O) groups is 1. The van der Waals surface area contributed by atoms with Crippen LogP contribution < -0.4 is 0 Å². The van der Waals surface area contributed by atoms with E-state index in [2.05, 4.69) is 4.98 Å². The highest BCUT2D eigenvalue weighted by atomic mass is 32.2. The number of nitrogens with zero attached hydrogens (tertiary/aromatic N) is 2. The van der Waals surface area contributed by atoms with E-state index in [1.54, 1.807) is 0 Å². The smallest absolute Gasteiger partial charge is 0.358 e. The summed E-state index contributed by atoms with van der Waals surface area (Å²) in [5, 5.41) is 8.82. The molecular weight excluding hydrogens is 284 g/mol. The standard InChI is InChI=1S/C12H16N2O5S/c15-12(16)10-11(19-7-13-10)8-3-5-14(6-4-8)20(17,18)9-1-2-9/h7-9H,1-6H2,(H,15,16). The summed E-state index contributed by atoms with van der Waals surface area (Å²) in [6.45, 7) is 0.840. The van der Waals surface area contributed by atoms with E-state index in [9.17, 15) is 13.2 Å². The molecule has 1 saturated carbocycles. The summed E-state index contributed by atoms with van der Waals surface area (Å²) in [6, 6.07) is 0. The average Bonchev–Trinajstić information content (AvgIpc) is 3.17. The second-order valence-electron chi connectivity index (χ2n) is 5.29. The number of aromatic carboxylic acids is 1. The van der Waals surface area contributed by atoms with Crippen molar-refractivity contribution in [2.45, 2.75) is 36.9 Å². The lowest BCUT2D eigenvalue weighted by Gasteiger charge is -2.30. The second-order valence-corrected chi connectivity index (χ2v) is 7.50. The van der Waals surface area contributed by atoms with Gasteiger partial charge in [0.15, 0.2) is 12.1 Å². The van der Waals surface area contributed by atoms with Gasteiger partial charge in [0.2, 0.25) is 10.0 Å². The molecule has 0 amide bonds. The van der Waals surface area contributed by atoms with Crippen LogP contribution in [0.5, 0.6) is 0 Å². The molecule has 0 spiro atoms. The van der Waals surface area contributed by atoms with Gasteiger partial charge >= 0.3 is 5.97 Å². The van der Waals surface area contributed by atoms with Crippen LogP contribution in [0, 0.1) is 0 Å². The fraction of sp³-hybridized carbons (Fsp3) is 0.667. The van der Waals surface area contributed by atoms with Gasteiger partial charge in [-0.3, -0.25) is 0 Å². The van der Waals surface area contributed by atoms with Crippen LogP contribution in [0.2, 0.25) is 0 Å². The number of hydrogen-bond acceptors (Lipinski definition) is 5. The lowest BCUT2D eigenvalue weighted by molar-refractivity contribution is 0.0687. The van der Waals surface area contributed by atoms with Crippen LogP contribution >= 0.6 is 0 Å². The zero-order chi connectivity index (χ0) is 14.3. The molecule has 1 aromatic heterocycles. The summed E-state index contributed by atoms with van der Waals surface area (Å²) in [5.41, 5.74) is -0.0616. The average molecular weight is 300 g/mol. The predicted molar refractivity (Wildman–Crippen MR) is 69.0 cm³/mol. The number of oxazole rings is 1. The van der Waals surface area contributed by atoms with E-state index in [1.807, 2.05) is 0 Å². The largest absolute Gasteiger partial charge is 0.476 e. The predicted octanol–water partition coefficient (Wildman–Crippen LogP) is 1.04. The third-order valence-electron chi connectivity index (χ3n) is 3.93. The molecule has 20 heavy (non-hydrogen) atoms. The van der Waals surface area contributed by atoms with Gasteiger partial charge in [-0.2, -0.15) is 0 Å². The first-order chi connectivity index (χ1) is 9.50. The van der Waals surface area contributed by atoms with Crippen molar-refractivity contribution in [2.24, 2.45) is 0 Å². The van der Waals surface area contributed by atoms with E-state index in [-0.39, 0.29) is 16.9 Å². The third-order valence-corrected chi connectivity index (χ3v) is 6.33. The maximum absolute atomic E-state index is 12.1. The molecule has 0 bridgehead atoms. The van der Waals surface area contributed by atoms with Crippen molar-refractivity contribution in [3.63, 3.8) is 0 Å². The lowest BCUT2D eigenvalue weighted by Crippen LogP contribution is -2.39. The van der Waals surface area contributed by atoms with Crippen LogP contribution in [0.3, 0.4) is 0 Å². The summed E-state index contributed by atoms with van der Waals surface area (Å²) in [6.07, 6.45) is 3.79. The maximum atomic E-state index is 12.1. The Balaban J connectivity index is 1.69. The van der Waals surface area contributed by atoms with Crippen LogP contribution in [0.25, 0.3) is 0 Å². The molecule has 1 aromatic rings. The molecule has 110 valence electrons. The minimum atomic E-state index is -3.14. The molecule has 8 heteroatoms. The normalized spacial score (nSPS) is 22.0. The molecule has 1 aliphatic heterocycles. The molecule has 1 saturated heterocycles. The first-order valence-electron chi connectivity index (χ1n) is 6.66. The fourth-order valence-corrected chi connectivity index (χ4v) is 4.53. The van der Waals surface area contributed by atoms with E-state index >= 15 is 0 Å². The Morgan fingerprint density at radius 2 is 1.95 bits per heavy atom. The zero-order valence-corrected chi connectivity index (χ0v) is 11.7. The van der Waals surface area contributed by atoms with Gasteiger partial charge < -0.3 is 9.52 Å². The van der Waals surface area contributed by atoms with Crippen molar-refractivity contribution in [3.8, 4) is 0 Å². The number of hydrogen-bond donors (Lipinski definition) is 1. The van der Waals surface area contributed by atoms with E-state index in [1.165, 1.54) is 4.31 Å². The first-order valence-corrected chi connectivity index (χ1v) is 8.16. The number of sulfonamides is 1. The molecule has 2 fully saturated rings. The Hall–Kier alpha value is -1.41. The summed E-state index contributed by atoms with van der Waals surface area (Å²) in [7, 11) is -3.14. The van der Waals surface area contributed by atoms with E-state index < -0.39 is 16.0 Å². The molecule has 1 N–H and O–H groups in total. The van der Waals surface area contributed by atoms with Crippen molar-refractivity contribution in [2.75, 3.05) is 13.1 Å². The highest BCUT2D eigenvalue weighted by Gasteiger charge is 2.41. The van der Waals surface area contributed by atoms with Crippen LogP contribution in [-0.4, -0.2) is 47.1 Å². The van der Waals surface area contributed by atoms with Crippen LogP contribution in [0.15, 0.2) is 10.8 Å². The van der Waals surface area contributed by atoms with Gasteiger partial charge in [-0.05, 0) is 25.7 Å². The van der Waals surface area contributed by atoms with Gasteiger partial charge in [0.05, 0.1) is 5.25 Å². The summed E-state index contributed by atoms with van der Waals surface area (Å²) in [5.74, 6) is -0.822. The van der Waals surface area contributed by atoms with Crippen molar-refractivity contribution in [3.05, 3.63) is 17.8 Å². The molecule has 3 rings (SSSR count). The van der Waals surface area contributed by atoms with Crippen LogP contribution in [-0.2, 0) is 10.0 Å². The molecule has 7 nitrogen and oxygen atoms in total. The van der Waals surface area contributed by atoms with Crippen molar-refractivity contribution < 1.29 is 22.7 Å². The Morgan fingerprint density at radius 3 is 2.50 bits per heavy atom. The fourth-order valence-electron chi connectivity index (χ4n) is 2.65. The van der Waals surface area contributed by atoms with Crippen LogP contribution in [0.1, 0.15) is 47.8 Å². The quantitative estimate of drug-likeness (QED) is 0.891. The van der Waals surface area contributed by atoms with E-state index in [4.69, 9.17) is 9.52 Å². The SMILES string of the molecule is O=C(O)c1ncoc1C1CCN(S(=O)(=O)C2CC2)CC1. The molecule has 2 aliphatic rings. The first kappa shape index (κ1) is 13.6. The molecule has 0 unspecified atom stereocenters. The summed E-state index contributed by atoms with van der Waals surface area (Å²) >= 11 is 0. The molecule has 2 heterocycles. The lowest BCUT2D eigenvalue weighted by atomic mass is 9.94. The maximum Gasteiger partial charge on any atom is 0.358 e. The van der Waals surface area contributed by atoms with Gasteiger partial charge in [0, 0.05) is 19.0 Å². The van der Waals surface area contributed by atoms with Gasteiger partial charge in [-0.15, -0.1) is 0 Å². The Kier molecular flexibility index (Phi) is 3.29. The number of carboxylic acids is 1. The van der Waals surface area contributed by atoms with Gasteiger partial charge in [0.25, 0.3) is 0 Å². The van der Waals surface area contributed by atoms with E-state index in [0.717, 1.165) is 19.2 Å². The number of rotatable bonds is 4. The third kappa shape index (κ3) is 2.33. The van der Waals surface area contributed by atoms with E-state index in [0.29, 0.717) is 31.7 Å². The number of carboxylic acid groups (broad SMARTS) is 1. The Morgan fingerprint density at radius 1 is 1.30 bits per heavy atom. The molecular formula is C12H16N2O5S. The highest BCUT2D eigenvalue weighted by molar-refractivity contribution is 7.90. The Bertz CT molecular complexity index is 612. The van der Waals surface area contributed by atoms with Crippen LogP contribution in [0.4, 0.5) is 0 Å². The molecule has 1 aliphatic carbocycles. The Labute approximate surface area is 116 Å². The molecule has 0 aromatic carbocycles. The minimum absolute atomic E-state index is 0.0616. The van der Waals surface area contributed by atoms with Crippen molar-refractivity contribution in [1.82, 2.24) is 9.29 Å². The monoisotopic (exact) mass is 300 g/mol. The van der Waals surface area contributed by atoms with Gasteiger partial charge in [0.1, 0.15) is 5.76 Å². The molecule has 0 radical (unpaired) electrons. The summed E-state index contributed by atoms with van der Waals surface area (Å²) < 4.78 is 30.9. The number of piperidine rings is 1. The van der Waals surface area contributed by atoms with Gasteiger partial charge in [-0.25, -0.2) is 22.5 Å². The minimum Gasteiger partial charge on any atom is -0.476 e. The van der Waals surface area contributed by atoms with Crippen molar-refractivity contribution >= 4 is 16.0 Å². The zero-order valence-electron chi connectivity index (χ0n) is 10.9. The summed E-state index contributed by atoms with van der Waals surface area (Å²) in [4.78, 5) is 14.7. The number of aromatic nitrogens is 1.